The topological polar surface area (TPSA) is 74.2 Å². The van der Waals surface area contributed by atoms with Crippen molar-refractivity contribution in [3.05, 3.63) is 0 Å². The van der Waals surface area contributed by atoms with Crippen molar-refractivity contribution in [1.29, 1.82) is 0 Å². The van der Waals surface area contributed by atoms with E-state index in [-0.39, 0.29) is 6.10 Å². The standard InChI is InChI=1S/C10H20FO6P/c1-6(2)16-9-8(11)7(3)17-10(9)15-5-18(12,13)14-4/h6-10H,5H2,1-4H3,(H,12,13)/t7-,8-,9-,10-/m0/s1. The van der Waals surface area contributed by atoms with Crippen molar-refractivity contribution in [3.8, 4) is 0 Å². The maximum Gasteiger partial charge on any atom is 0.353 e. The second-order valence-corrected chi connectivity index (χ2v) is 6.32. The van der Waals surface area contributed by atoms with Gasteiger partial charge in [0, 0.05) is 7.11 Å². The molecule has 0 amide bonds. The van der Waals surface area contributed by atoms with Gasteiger partial charge in [0.2, 0.25) is 0 Å². The summed E-state index contributed by atoms with van der Waals surface area (Å²) in [5.41, 5.74) is 0. The zero-order chi connectivity index (χ0) is 13.9. The Balaban J connectivity index is 2.60. The van der Waals surface area contributed by atoms with Crippen LogP contribution in [-0.4, -0.2) is 49.1 Å². The summed E-state index contributed by atoms with van der Waals surface area (Å²) in [5, 5.41) is 0. The van der Waals surface area contributed by atoms with Crippen LogP contribution in [0.3, 0.4) is 0 Å². The average molecular weight is 286 g/mol. The third-order valence-corrected chi connectivity index (χ3v) is 3.54. The number of hydrogen-bond acceptors (Lipinski definition) is 5. The molecular weight excluding hydrogens is 266 g/mol. The minimum absolute atomic E-state index is 0.198. The third kappa shape index (κ3) is 4.26. The second kappa shape index (κ2) is 6.41. The molecule has 108 valence electrons. The minimum Gasteiger partial charge on any atom is -0.367 e. The first-order valence-corrected chi connectivity index (χ1v) is 7.47. The Hall–Kier alpha value is -0.0400. The maximum atomic E-state index is 13.8. The molecule has 8 heteroatoms. The van der Waals surface area contributed by atoms with Crippen molar-refractivity contribution < 1.29 is 32.6 Å². The van der Waals surface area contributed by atoms with Crippen LogP contribution in [0.1, 0.15) is 20.8 Å². The van der Waals surface area contributed by atoms with E-state index in [9.17, 15) is 13.8 Å². The number of halogens is 1. The zero-order valence-electron chi connectivity index (χ0n) is 10.9. The molecular formula is C10H20FO6P. The molecule has 0 spiro atoms. The van der Waals surface area contributed by atoms with Crippen LogP contribution in [0.25, 0.3) is 0 Å². The van der Waals surface area contributed by atoms with Gasteiger partial charge in [0.15, 0.2) is 18.8 Å². The van der Waals surface area contributed by atoms with E-state index in [1.165, 1.54) is 0 Å². The SMILES string of the molecule is COP(=O)(O)CO[C@H]1O[C@@H](C)[C@H](F)[C@@H]1OC(C)C. The van der Waals surface area contributed by atoms with Gasteiger partial charge in [-0.3, -0.25) is 4.57 Å². The number of rotatable bonds is 6. The number of hydrogen-bond donors (Lipinski definition) is 1. The smallest absolute Gasteiger partial charge is 0.353 e. The van der Waals surface area contributed by atoms with Crippen molar-refractivity contribution >= 4 is 7.60 Å². The van der Waals surface area contributed by atoms with E-state index in [0.717, 1.165) is 7.11 Å². The molecule has 0 aliphatic carbocycles. The maximum absolute atomic E-state index is 13.8. The van der Waals surface area contributed by atoms with Crippen LogP contribution < -0.4 is 0 Å². The first-order valence-electron chi connectivity index (χ1n) is 5.71. The highest BCUT2D eigenvalue weighted by Crippen LogP contribution is 2.42. The van der Waals surface area contributed by atoms with Crippen LogP contribution >= 0.6 is 7.60 Å². The molecule has 1 N–H and O–H groups in total. The quantitative estimate of drug-likeness (QED) is 0.749. The Morgan fingerprint density at radius 1 is 1.50 bits per heavy atom. The molecule has 1 rings (SSSR count). The molecule has 6 nitrogen and oxygen atoms in total. The zero-order valence-corrected chi connectivity index (χ0v) is 11.8. The van der Waals surface area contributed by atoms with Crippen molar-refractivity contribution in [2.75, 3.05) is 13.5 Å². The Morgan fingerprint density at radius 3 is 2.61 bits per heavy atom. The first-order chi connectivity index (χ1) is 8.26. The molecule has 5 atom stereocenters. The Morgan fingerprint density at radius 2 is 2.11 bits per heavy atom. The monoisotopic (exact) mass is 286 g/mol. The van der Waals surface area contributed by atoms with E-state index in [1.54, 1.807) is 20.8 Å². The lowest BCUT2D eigenvalue weighted by atomic mass is 10.2. The summed E-state index contributed by atoms with van der Waals surface area (Å²) in [6, 6.07) is 0. The Bertz CT molecular complexity index is 313. The van der Waals surface area contributed by atoms with E-state index < -0.39 is 38.6 Å². The molecule has 1 fully saturated rings. The molecule has 1 unspecified atom stereocenters. The van der Waals surface area contributed by atoms with Crippen molar-refractivity contribution in [2.24, 2.45) is 0 Å². The van der Waals surface area contributed by atoms with Gasteiger partial charge in [-0.05, 0) is 20.8 Å². The number of ether oxygens (including phenoxy) is 3. The van der Waals surface area contributed by atoms with Crippen LogP contribution in [-0.2, 0) is 23.3 Å². The summed E-state index contributed by atoms with van der Waals surface area (Å²) in [6.07, 6.45) is -4.69. The molecule has 0 radical (unpaired) electrons. The second-order valence-electron chi connectivity index (χ2n) is 4.42. The van der Waals surface area contributed by atoms with Crippen molar-refractivity contribution in [2.45, 2.75) is 51.5 Å². The van der Waals surface area contributed by atoms with Crippen LogP contribution in [0.2, 0.25) is 0 Å². The summed E-state index contributed by atoms with van der Waals surface area (Å²) < 4.78 is 45.1. The summed E-state index contributed by atoms with van der Waals surface area (Å²) in [5.74, 6) is 0. The largest absolute Gasteiger partial charge is 0.367 e. The highest BCUT2D eigenvalue weighted by Gasteiger charge is 2.45. The lowest BCUT2D eigenvalue weighted by Crippen LogP contribution is -2.35. The van der Waals surface area contributed by atoms with Crippen molar-refractivity contribution in [3.63, 3.8) is 0 Å². The van der Waals surface area contributed by atoms with Crippen LogP contribution in [0.15, 0.2) is 0 Å². The predicted octanol–water partition coefficient (Wildman–Crippen LogP) is 1.67. The lowest BCUT2D eigenvalue weighted by molar-refractivity contribution is -0.175. The summed E-state index contributed by atoms with van der Waals surface area (Å²) >= 11 is 0. The van der Waals surface area contributed by atoms with E-state index >= 15 is 0 Å². The van der Waals surface area contributed by atoms with Gasteiger partial charge in [-0.15, -0.1) is 0 Å². The van der Waals surface area contributed by atoms with Crippen LogP contribution in [0, 0.1) is 0 Å². The van der Waals surface area contributed by atoms with Gasteiger partial charge < -0.3 is 23.6 Å². The fraction of sp³-hybridized carbons (Fsp3) is 1.00. The summed E-state index contributed by atoms with van der Waals surface area (Å²) in [4.78, 5) is 9.20. The van der Waals surface area contributed by atoms with Gasteiger partial charge in [0.05, 0.1) is 12.2 Å². The molecule has 1 saturated heterocycles. The molecule has 1 aliphatic rings. The normalized spacial score (nSPS) is 35.9. The third-order valence-electron chi connectivity index (χ3n) is 2.50. The Kier molecular flexibility index (Phi) is 5.70. The first kappa shape index (κ1) is 16.0. The summed E-state index contributed by atoms with van der Waals surface area (Å²) in [7, 11) is -2.71. The lowest BCUT2D eigenvalue weighted by Gasteiger charge is -2.22. The molecule has 0 aromatic rings. The van der Waals surface area contributed by atoms with Gasteiger partial charge in [0.25, 0.3) is 0 Å². The van der Waals surface area contributed by atoms with Gasteiger partial charge >= 0.3 is 7.60 Å². The molecule has 18 heavy (non-hydrogen) atoms. The molecule has 0 aromatic carbocycles. The van der Waals surface area contributed by atoms with Crippen LogP contribution in [0.4, 0.5) is 4.39 Å². The highest BCUT2D eigenvalue weighted by atomic mass is 31.2. The average Bonchev–Trinajstić information content (AvgIpc) is 2.54. The van der Waals surface area contributed by atoms with Gasteiger partial charge in [0.1, 0.15) is 6.10 Å². The van der Waals surface area contributed by atoms with Crippen molar-refractivity contribution in [1.82, 2.24) is 0 Å². The van der Waals surface area contributed by atoms with E-state index in [2.05, 4.69) is 4.52 Å². The predicted molar refractivity (Wildman–Crippen MR) is 62.0 cm³/mol. The fourth-order valence-corrected chi connectivity index (χ4v) is 2.03. The van der Waals surface area contributed by atoms with E-state index in [1.807, 2.05) is 0 Å². The molecule has 0 bridgehead atoms. The minimum atomic E-state index is -3.81. The molecule has 1 heterocycles. The highest BCUT2D eigenvalue weighted by molar-refractivity contribution is 7.52. The van der Waals surface area contributed by atoms with Gasteiger partial charge in [-0.2, -0.15) is 0 Å². The fourth-order valence-electron chi connectivity index (χ4n) is 1.59. The van der Waals surface area contributed by atoms with Gasteiger partial charge in [-0.1, -0.05) is 0 Å². The van der Waals surface area contributed by atoms with E-state index in [4.69, 9.17) is 14.2 Å². The Labute approximate surface area is 106 Å². The van der Waals surface area contributed by atoms with Crippen LogP contribution in [0.5, 0.6) is 0 Å². The molecule has 0 aromatic heterocycles. The number of alkyl halides is 1. The summed E-state index contributed by atoms with van der Waals surface area (Å²) in [6.45, 7) is 5.08. The van der Waals surface area contributed by atoms with E-state index in [0.29, 0.717) is 0 Å². The molecule has 1 aliphatic heterocycles. The van der Waals surface area contributed by atoms with Gasteiger partial charge in [-0.25, -0.2) is 4.39 Å². The molecule has 0 saturated carbocycles.